The zero-order valence-corrected chi connectivity index (χ0v) is 15.6. The first kappa shape index (κ1) is 17.9. The molecule has 7 heteroatoms. The standard InChI is InChI=1S/C18H26N4O2S/c1-15(2)11-21-13-18(19-14-21)25(23,24)22-10-6-9-17(12-22)20-16-7-4-3-5-8-16/h3-5,7-8,13-15,17,20H,6,9-12H2,1-2H3. The van der Waals surface area contributed by atoms with Gasteiger partial charge < -0.3 is 9.88 Å². The Bertz CT molecular complexity index is 786. The molecule has 0 saturated carbocycles. The largest absolute Gasteiger partial charge is 0.381 e. The smallest absolute Gasteiger partial charge is 0.262 e. The Labute approximate surface area is 149 Å². The van der Waals surface area contributed by atoms with E-state index in [0.717, 1.165) is 25.1 Å². The van der Waals surface area contributed by atoms with Crippen LogP contribution < -0.4 is 5.32 Å². The molecular formula is C18H26N4O2S. The van der Waals surface area contributed by atoms with Crippen LogP contribution in [0.2, 0.25) is 0 Å². The van der Waals surface area contributed by atoms with Crippen LogP contribution in [-0.2, 0) is 16.6 Å². The van der Waals surface area contributed by atoms with Gasteiger partial charge in [0.05, 0.1) is 6.33 Å². The molecule has 3 rings (SSSR count). The average molecular weight is 362 g/mol. The van der Waals surface area contributed by atoms with Crippen molar-refractivity contribution < 1.29 is 8.42 Å². The lowest BCUT2D eigenvalue weighted by Gasteiger charge is -2.32. The summed E-state index contributed by atoms with van der Waals surface area (Å²) in [7, 11) is -3.54. The first-order valence-corrected chi connectivity index (χ1v) is 10.2. The van der Waals surface area contributed by atoms with E-state index in [9.17, 15) is 8.42 Å². The van der Waals surface area contributed by atoms with Crippen LogP contribution in [0.5, 0.6) is 0 Å². The van der Waals surface area contributed by atoms with Crippen molar-refractivity contribution in [2.24, 2.45) is 5.92 Å². The van der Waals surface area contributed by atoms with Crippen molar-refractivity contribution in [2.75, 3.05) is 18.4 Å². The second-order valence-corrected chi connectivity index (χ2v) is 8.90. The molecule has 1 aromatic heterocycles. The number of hydrogen-bond donors (Lipinski definition) is 1. The molecule has 25 heavy (non-hydrogen) atoms. The minimum absolute atomic E-state index is 0.115. The van der Waals surface area contributed by atoms with Gasteiger partial charge in [-0.05, 0) is 30.9 Å². The Morgan fingerprint density at radius 2 is 2.04 bits per heavy atom. The van der Waals surface area contributed by atoms with Crippen LogP contribution in [0.1, 0.15) is 26.7 Å². The maximum absolute atomic E-state index is 12.9. The topological polar surface area (TPSA) is 67.2 Å². The fourth-order valence-electron chi connectivity index (χ4n) is 3.18. The van der Waals surface area contributed by atoms with Crippen LogP contribution in [0.4, 0.5) is 5.69 Å². The average Bonchev–Trinajstić information content (AvgIpc) is 3.04. The van der Waals surface area contributed by atoms with E-state index < -0.39 is 10.0 Å². The molecule has 1 N–H and O–H groups in total. The molecule has 0 spiro atoms. The normalized spacial score (nSPS) is 19.2. The van der Waals surface area contributed by atoms with Gasteiger partial charge >= 0.3 is 0 Å². The predicted molar refractivity (Wildman–Crippen MR) is 98.9 cm³/mol. The van der Waals surface area contributed by atoms with Gasteiger partial charge in [0.25, 0.3) is 10.0 Å². The fourth-order valence-corrected chi connectivity index (χ4v) is 4.63. The van der Waals surface area contributed by atoms with Gasteiger partial charge in [0.15, 0.2) is 5.03 Å². The molecule has 1 saturated heterocycles. The molecule has 0 radical (unpaired) electrons. The molecule has 0 bridgehead atoms. The predicted octanol–water partition coefficient (Wildman–Crippen LogP) is 2.80. The van der Waals surface area contributed by atoms with Gasteiger partial charge in [0.1, 0.15) is 0 Å². The van der Waals surface area contributed by atoms with Crippen molar-refractivity contribution >= 4 is 15.7 Å². The first-order chi connectivity index (χ1) is 11.9. The van der Waals surface area contributed by atoms with Gasteiger partial charge in [0, 0.05) is 37.6 Å². The molecule has 1 fully saturated rings. The molecule has 1 atom stereocenters. The van der Waals surface area contributed by atoms with E-state index in [1.54, 1.807) is 16.8 Å². The van der Waals surface area contributed by atoms with E-state index in [-0.39, 0.29) is 11.1 Å². The molecule has 6 nitrogen and oxygen atoms in total. The lowest BCUT2D eigenvalue weighted by molar-refractivity contribution is 0.326. The Kier molecular flexibility index (Phi) is 5.44. The highest BCUT2D eigenvalue weighted by Crippen LogP contribution is 2.22. The summed E-state index contributed by atoms with van der Waals surface area (Å²) in [6, 6.07) is 10.0. The summed E-state index contributed by atoms with van der Waals surface area (Å²) < 4.78 is 29.2. The number of nitrogens with zero attached hydrogens (tertiary/aromatic N) is 3. The van der Waals surface area contributed by atoms with E-state index >= 15 is 0 Å². The number of hydrogen-bond acceptors (Lipinski definition) is 4. The Morgan fingerprint density at radius 3 is 2.76 bits per heavy atom. The number of nitrogens with one attached hydrogen (secondary N) is 1. The summed E-state index contributed by atoms with van der Waals surface area (Å²) in [5.74, 6) is 0.444. The van der Waals surface area contributed by atoms with E-state index in [0.29, 0.717) is 19.0 Å². The van der Waals surface area contributed by atoms with Crippen LogP contribution >= 0.6 is 0 Å². The molecular weight excluding hydrogens is 336 g/mol. The monoisotopic (exact) mass is 362 g/mol. The number of sulfonamides is 1. The number of aromatic nitrogens is 2. The van der Waals surface area contributed by atoms with E-state index in [1.807, 2.05) is 34.9 Å². The molecule has 1 aromatic carbocycles. The molecule has 1 unspecified atom stereocenters. The number of imidazole rings is 1. The summed E-state index contributed by atoms with van der Waals surface area (Å²) in [5, 5.41) is 3.58. The molecule has 0 amide bonds. The van der Waals surface area contributed by atoms with Crippen molar-refractivity contribution in [1.29, 1.82) is 0 Å². The molecule has 1 aliphatic heterocycles. The zero-order chi connectivity index (χ0) is 17.9. The quantitative estimate of drug-likeness (QED) is 0.858. The minimum Gasteiger partial charge on any atom is -0.381 e. The second-order valence-electron chi connectivity index (χ2n) is 7.02. The Morgan fingerprint density at radius 1 is 1.28 bits per heavy atom. The number of rotatable bonds is 6. The third kappa shape index (κ3) is 4.41. The number of piperidine rings is 1. The Balaban J connectivity index is 1.70. The van der Waals surface area contributed by atoms with Crippen LogP contribution in [0.25, 0.3) is 0 Å². The molecule has 2 aromatic rings. The fraction of sp³-hybridized carbons (Fsp3) is 0.500. The van der Waals surface area contributed by atoms with Crippen molar-refractivity contribution in [3.63, 3.8) is 0 Å². The molecule has 2 heterocycles. The van der Waals surface area contributed by atoms with Crippen molar-refractivity contribution in [3.8, 4) is 0 Å². The minimum atomic E-state index is -3.54. The lowest BCUT2D eigenvalue weighted by Crippen LogP contribution is -2.45. The van der Waals surface area contributed by atoms with Crippen LogP contribution in [0, 0.1) is 5.92 Å². The first-order valence-electron chi connectivity index (χ1n) is 8.78. The zero-order valence-electron chi connectivity index (χ0n) is 14.8. The number of anilines is 1. The summed E-state index contributed by atoms with van der Waals surface area (Å²) in [5.41, 5.74) is 1.02. The van der Waals surface area contributed by atoms with Crippen molar-refractivity contribution in [2.45, 2.75) is 44.3 Å². The highest BCUT2D eigenvalue weighted by atomic mass is 32.2. The van der Waals surface area contributed by atoms with Gasteiger partial charge in [-0.25, -0.2) is 13.4 Å². The summed E-state index contributed by atoms with van der Waals surface area (Å²) >= 11 is 0. The third-order valence-corrected chi connectivity index (χ3v) is 6.07. The van der Waals surface area contributed by atoms with E-state index in [4.69, 9.17) is 0 Å². The molecule has 1 aliphatic rings. The Hall–Kier alpha value is -1.86. The van der Waals surface area contributed by atoms with Crippen LogP contribution in [0.15, 0.2) is 47.9 Å². The maximum Gasteiger partial charge on any atom is 0.262 e. The number of benzene rings is 1. The van der Waals surface area contributed by atoms with Gasteiger partial charge in [-0.2, -0.15) is 4.31 Å². The van der Waals surface area contributed by atoms with Gasteiger partial charge in [-0.15, -0.1) is 0 Å². The van der Waals surface area contributed by atoms with E-state index in [1.165, 1.54) is 0 Å². The third-order valence-electron chi connectivity index (χ3n) is 4.32. The number of para-hydroxylation sites is 1. The second kappa shape index (κ2) is 7.58. The van der Waals surface area contributed by atoms with E-state index in [2.05, 4.69) is 24.1 Å². The summed E-state index contributed by atoms with van der Waals surface area (Å²) in [4.78, 5) is 4.14. The maximum atomic E-state index is 12.9. The molecule has 136 valence electrons. The highest BCUT2D eigenvalue weighted by Gasteiger charge is 2.31. The van der Waals surface area contributed by atoms with Crippen molar-refractivity contribution in [1.82, 2.24) is 13.9 Å². The van der Waals surface area contributed by atoms with Crippen LogP contribution in [-0.4, -0.2) is 41.4 Å². The summed E-state index contributed by atoms with van der Waals surface area (Å²) in [6.07, 6.45) is 5.05. The summed E-state index contributed by atoms with van der Waals surface area (Å²) in [6.45, 7) is 5.97. The van der Waals surface area contributed by atoms with Gasteiger partial charge in [0.2, 0.25) is 0 Å². The lowest BCUT2D eigenvalue weighted by atomic mass is 10.1. The highest BCUT2D eigenvalue weighted by molar-refractivity contribution is 7.89. The van der Waals surface area contributed by atoms with Gasteiger partial charge in [-0.3, -0.25) is 0 Å². The van der Waals surface area contributed by atoms with Crippen molar-refractivity contribution in [3.05, 3.63) is 42.9 Å². The van der Waals surface area contributed by atoms with Crippen LogP contribution in [0.3, 0.4) is 0 Å². The molecule has 0 aliphatic carbocycles. The SMILES string of the molecule is CC(C)Cn1cnc(S(=O)(=O)N2CCCC(Nc3ccccc3)C2)c1. The van der Waals surface area contributed by atoms with Gasteiger partial charge in [-0.1, -0.05) is 32.0 Å².